The van der Waals surface area contributed by atoms with Crippen molar-refractivity contribution in [3.05, 3.63) is 92.5 Å². The molecule has 0 saturated carbocycles. The van der Waals surface area contributed by atoms with E-state index in [1.807, 2.05) is 19.1 Å². The molecular weight excluding hydrogens is 448 g/mol. The van der Waals surface area contributed by atoms with Crippen LogP contribution in [0.2, 0.25) is 0 Å². The van der Waals surface area contributed by atoms with Gasteiger partial charge in [0, 0.05) is 11.5 Å². The van der Waals surface area contributed by atoms with Gasteiger partial charge in [0.1, 0.15) is 0 Å². The standard InChI is InChI=1S/C22H22N4O4S2/c1-4-10-31-21-23-17(27)15(18(28)24-21)14(13-8-6-12(3)7-9-13)16-19(29)25-22(26-20(16)30)32-11-5-2/h4-9,14H,1-2,10-11H2,3H3,(H2,23,24,27,28)(H2,25,26,29,30). The Morgan fingerprint density at radius 1 is 0.906 bits per heavy atom. The predicted molar refractivity (Wildman–Crippen MR) is 127 cm³/mol. The van der Waals surface area contributed by atoms with E-state index in [9.17, 15) is 19.8 Å². The van der Waals surface area contributed by atoms with E-state index in [2.05, 4.69) is 33.1 Å². The van der Waals surface area contributed by atoms with Gasteiger partial charge >= 0.3 is 0 Å². The van der Waals surface area contributed by atoms with E-state index in [4.69, 9.17) is 0 Å². The van der Waals surface area contributed by atoms with Crippen molar-refractivity contribution in [2.45, 2.75) is 23.2 Å². The first-order valence-electron chi connectivity index (χ1n) is 9.56. The number of aryl methyl sites for hydroxylation is 1. The van der Waals surface area contributed by atoms with Crippen molar-refractivity contribution in [1.29, 1.82) is 0 Å². The predicted octanol–water partition coefficient (Wildman–Crippen LogP) is 3.31. The second kappa shape index (κ2) is 10.4. The van der Waals surface area contributed by atoms with Gasteiger partial charge in [0.05, 0.1) is 17.0 Å². The van der Waals surface area contributed by atoms with E-state index < -0.39 is 28.8 Å². The minimum Gasteiger partial charge on any atom is -0.493 e. The summed E-state index contributed by atoms with van der Waals surface area (Å²) in [5.41, 5.74) is -0.0972. The molecule has 0 fully saturated rings. The van der Waals surface area contributed by atoms with Crippen molar-refractivity contribution in [3.8, 4) is 11.8 Å². The van der Waals surface area contributed by atoms with Crippen molar-refractivity contribution < 1.29 is 10.2 Å². The number of benzene rings is 1. The zero-order chi connectivity index (χ0) is 23.3. The van der Waals surface area contributed by atoms with Gasteiger partial charge in [-0.3, -0.25) is 9.59 Å². The minimum atomic E-state index is -1.10. The van der Waals surface area contributed by atoms with Crippen LogP contribution in [0.15, 0.2) is 69.5 Å². The number of hydrogen-bond donors (Lipinski definition) is 4. The molecule has 2 aromatic heterocycles. The van der Waals surface area contributed by atoms with Crippen molar-refractivity contribution in [1.82, 2.24) is 19.9 Å². The average molecular weight is 471 g/mol. The van der Waals surface area contributed by atoms with Crippen LogP contribution >= 0.6 is 23.5 Å². The quantitative estimate of drug-likeness (QED) is 0.213. The second-order valence-electron chi connectivity index (χ2n) is 6.76. The molecule has 3 rings (SSSR count). The highest BCUT2D eigenvalue weighted by Gasteiger charge is 2.31. The van der Waals surface area contributed by atoms with Crippen molar-refractivity contribution >= 4 is 23.5 Å². The molecule has 0 radical (unpaired) electrons. The summed E-state index contributed by atoms with van der Waals surface area (Å²) in [6, 6.07) is 7.06. The number of nitrogens with one attached hydrogen (secondary N) is 2. The van der Waals surface area contributed by atoms with E-state index in [-0.39, 0.29) is 21.4 Å². The van der Waals surface area contributed by atoms with Gasteiger partial charge in [-0.1, -0.05) is 65.5 Å². The Labute approximate surface area is 192 Å². The lowest BCUT2D eigenvalue weighted by Gasteiger charge is -2.19. The molecule has 0 aliphatic carbocycles. The normalized spacial score (nSPS) is 10.9. The molecule has 8 nitrogen and oxygen atoms in total. The smallest absolute Gasteiger partial charge is 0.259 e. The third kappa shape index (κ3) is 5.14. The van der Waals surface area contributed by atoms with Gasteiger partial charge in [-0.2, -0.15) is 9.97 Å². The molecule has 0 atom stereocenters. The number of rotatable bonds is 9. The maximum absolute atomic E-state index is 13.0. The van der Waals surface area contributed by atoms with Gasteiger partial charge in [0.2, 0.25) is 11.8 Å². The summed E-state index contributed by atoms with van der Waals surface area (Å²) >= 11 is 2.39. The lowest BCUT2D eigenvalue weighted by molar-refractivity contribution is 0.424. The average Bonchev–Trinajstić information content (AvgIpc) is 2.75. The molecule has 2 heterocycles. The van der Waals surface area contributed by atoms with E-state index >= 15 is 0 Å². The molecule has 3 aromatic rings. The fourth-order valence-electron chi connectivity index (χ4n) is 3.07. The molecule has 0 aliphatic heterocycles. The summed E-state index contributed by atoms with van der Waals surface area (Å²) in [7, 11) is 0. The maximum Gasteiger partial charge on any atom is 0.259 e. The maximum atomic E-state index is 13.0. The molecule has 0 bridgehead atoms. The van der Waals surface area contributed by atoms with Gasteiger partial charge in [-0.15, -0.1) is 13.2 Å². The fourth-order valence-corrected chi connectivity index (χ4v) is 4.25. The third-order valence-electron chi connectivity index (χ3n) is 4.49. The Bertz CT molecular complexity index is 1180. The molecule has 0 amide bonds. The number of hydrogen-bond acceptors (Lipinski definition) is 8. The highest BCUT2D eigenvalue weighted by atomic mass is 32.2. The molecular formula is C22H22N4O4S2. The Kier molecular flexibility index (Phi) is 7.60. The molecule has 0 saturated heterocycles. The lowest BCUT2D eigenvalue weighted by Crippen LogP contribution is -2.26. The van der Waals surface area contributed by atoms with Crippen LogP contribution in [0.3, 0.4) is 0 Å². The number of nitrogens with zero attached hydrogens (tertiary/aromatic N) is 2. The van der Waals surface area contributed by atoms with E-state index in [0.717, 1.165) is 5.56 Å². The summed E-state index contributed by atoms with van der Waals surface area (Å²) in [5.74, 6) is -1.20. The number of aromatic amines is 2. The zero-order valence-electron chi connectivity index (χ0n) is 17.3. The Morgan fingerprint density at radius 2 is 1.34 bits per heavy atom. The number of thioether (sulfide) groups is 2. The number of aromatic nitrogens is 4. The van der Waals surface area contributed by atoms with Crippen LogP contribution < -0.4 is 11.1 Å². The van der Waals surface area contributed by atoms with E-state index in [1.54, 1.807) is 24.3 Å². The Morgan fingerprint density at radius 3 is 1.72 bits per heavy atom. The Balaban J connectivity index is 2.23. The van der Waals surface area contributed by atoms with E-state index in [1.165, 1.54) is 23.5 Å². The molecule has 1 aromatic carbocycles. The number of H-pyrrole nitrogens is 2. The highest BCUT2D eigenvalue weighted by molar-refractivity contribution is 7.99. The summed E-state index contributed by atoms with van der Waals surface area (Å²) in [4.78, 5) is 39.3. The molecule has 0 spiro atoms. The molecule has 0 unspecified atom stereocenters. The van der Waals surface area contributed by atoms with Crippen molar-refractivity contribution in [2.24, 2.45) is 0 Å². The molecule has 4 N–H and O–H groups in total. The summed E-state index contributed by atoms with van der Waals surface area (Å²) < 4.78 is 0. The van der Waals surface area contributed by atoms with Crippen LogP contribution in [0.1, 0.15) is 28.2 Å². The zero-order valence-corrected chi connectivity index (χ0v) is 18.9. The van der Waals surface area contributed by atoms with Crippen LogP contribution in [-0.4, -0.2) is 41.7 Å². The topological polar surface area (TPSA) is 132 Å². The van der Waals surface area contributed by atoms with Crippen LogP contribution in [0.4, 0.5) is 0 Å². The minimum absolute atomic E-state index is 0.161. The van der Waals surface area contributed by atoms with E-state index in [0.29, 0.717) is 17.1 Å². The number of aromatic hydroxyl groups is 2. The van der Waals surface area contributed by atoms with Crippen LogP contribution in [-0.2, 0) is 0 Å². The molecule has 32 heavy (non-hydrogen) atoms. The monoisotopic (exact) mass is 470 g/mol. The van der Waals surface area contributed by atoms with Gasteiger partial charge in [0.15, 0.2) is 10.3 Å². The summed E-state index contributed by atoms with van der Waals surface area (Å²) in [5, 5.41) is 21.8. The summed E-state index contributed by atoms with van der Waals surface area (Å²) in [6.45, 7) is 9.13. The highest BCUT2D eigenvalue weighted by Crippen LogP contribution is 2.36. The molecule has 0 aliphatic rings. The second-order valence-corrected chi connectivity index (χ2v) is 8.78. The Hall–Kier alpha value is -3.24. The largest absolute Gasteiger partial charge is 0.493 e. The molecule has 10 heteroatoms. The third-order valence-corrected chi connectivity index (χ3v) is 6.23. The van der Waals surface area contributed by atoms with Crippen LogP contribution in [0.5, 0.6) is 11.8 Å². The van der Waals surface area contributed by atoms with Gasteiger partial charge < -0.3 is 20.2 Å². The van der Waals surface area contributed by atoms with Crippen LogP contribution in [0.25, 0.3) is 0 Å². The van der Waals surface area contributed by atoms with Gasteiger partial charge in [-0.05, 0) is 12.5 Å². The van der Waals surface area contributed by atoms with Gasteiger partial charge in [0.25, 0.3) is 11.1 Å². The lowest BCUT2D eigenvalue weighted by atomic mass is 9.86. The fraction of sp³-hybridized carbons (Fsp3) is 0.182. The first-order chi connectivity index (χ1) is 15.3. The first-order valence-corrected chi connectivity index (χ1v) is 11.5. The van der Waals surface area contributed by atoms with Crippen molar-refractivity contribution in [3.63, 3.8) is 0 Å². The summed E-state index contributed by atoms with van der Waals surface area (Å²) in [6.07, 6.45) is 3.28. The van der Waals surface area contributed by atoms with Gasteiger partial charge in [-0.25, -0.2) is 0 Å². The first kappa shape index (κ1) is 23.4. The SMILES string of the molecule is C=CCSc1nc(O)c(C(c2ccc(C)cc2)c2c(O)nc(SCC=C)[nH]c2=O)c(=O)[nH]1. The van der Waals surface area contributed by atoms with Crippen LogP contribution in [0, 0.1) is 6.92 Å². The van der Waals surface area contributed by atoms with Crippen molar-refractivity contribution in [2.75, 3.05) is 11.5 Å². The molecule has 166 valence electrons.